The van der Waals surface area contributed by atoms with Crippen LogP contribution in [0.15, 0.2) is 11.0 Å². The highest BCUT2D eigenvalue weighted by Crippen LogP contribution is 2.28. The van der Waals surface area contributed by atoms with E-state index < -0.39 is 0 Å². The molecule has 0 saturated heterocycles. The molecule has 13 heavy (non-hydrogen) atoms. The number of thiol groups is 1. The fourth-order valence-corrected chi connectivity index (χ4v) is 1.60. The monoisotopic (exact) mass is 200 g/mol. The van der Waals surface area contributed by atoms with Gasteiger partial charge in [-0.2, -0.15) is 0 Å². The molecule has 0 rings (SSSR count). The van der Waals surface area contributed by atoms with Crippen LogP contribution in [0.2, 0.25) is 0 Å². The molecule has 78 valence electrons. The standard InChI is InChI=1S/C12H24S/c1-5-8-11(13)9-7-10-12(3,4)6-2/h8,13H,5-7,9-10H2,1-4H3/b11-8+. The van der Waals surface area contributed by atoms with Crippen molar-refractivity contribution in [1.82, 2.24) is 0 Å². The zero-order valence-electron chi connectivity index (χ0n) is 9.56. The van der Waals surface area contributed by atoms with Crippen molar-refractivity contribution in [3.05, 3.63) is 11.0 Å². The summed E-state index contributed by atoms with van der Waals surface area (Å²) in [5.41, 5.74) is 0.514. The molecule has 0 fully saturated rings. The fraction of sp³-hybridized carbons (Fsp3) is 0.833. The van der Waals surface area contributed by atoms with E-state index in [0.717, 1.165) is 12.8 Å². The van der Waals surface area contributed by atoms with Crippen LogP contribution < -0.4 is 0 Å². The van der Waals surface area contributed by atoms with Crippen molar-refractivity contribution in [3.8, 4) is 0 Å². The second-order valence-corrected chi connectivity index (χ2v) is 5.05. The molecule has 0 aromatic carbocycles. The maximum Gasteiger partial charge on any atom is -0.0224 e. The Balaban J connectivity index is 3.62. The van der Waals surface area contributed by atoms with Crippen LogP contribution in [0.5, 0.6) is 0 Å². The van der Waals surface area contributed by atoms with E-state index in [-0.39, 0.29) is 0 Å². The Bertz CT molecular complexity index is 157. The van der Waals surface area contributed by atoms with Gasteiger partial charge in [-0.05, 0) is 36.0 Å². The van der Waals surface area contributed by atoms with E-state index in [1.807, 2.05) is 0 Å². The molecule has 0 unspecified atom stereocenters. The SMILES string of the molecule is CC/C=C(/S)CCCC(C)(C)CC. The summed E-state index contributed by atoms with van der Waals surface area (Å²) in [5.74, 6) is 0. The van der Waals surface area contributed by atoms with E-state index in [9.17, 15) is 0 Å². The van der Waals surface area contributed by atoms with Crippen molar-refractivity contribution in [3.63, 3.8) is 0 Å². The summed E-state index contributed by atoms with van der Waals surface area (Å²) in [5, 5.41) is 0. The Morgan fingerprint density at radius 1 is 1.31 bits per heavy atom. The third kappa shape index (κ3) is 7.18. The Hall–Kier alpha value is 0.0900. The van der Waals surface area contributed by atoms with Gasteiger partial charge in [-0.3, -0.25) is 0 Å². The van der Waals surface area contributed by atoms with Gasteiger partial charge in [0.2, 0.25) is 0 Å². The van der Waals surface area contributed by atoms with Gasteiger partial charge in [-0.1, -0.05) is 40.2 Å². The van der Waals surface area contributed by atoms with Gasteiger partial charge < -0.3 is 0 Å². The third-order valence-corrected chi connectivity index (χ3v) is 3.09. The smallest absolute Gasteiger partial charge is 0.0224 e. The lowest BCUT2D eigenvalue weighted by Crippen LogP contribution is -2.08. The number of hydrogen-bond donors (Lipinski definition) is 1. The quantitative estimate of drug-likeness (QED) is 0.584. The molecule has 0 nitrogen and oxygen atoms in total. The average molecular weight is 200 g/mol. The zero-order valence-corrected chi connectivity index (χ0v) is 10.5. The second kappa shape index (κ2) is 6.53. The molecule has 0 saturated carbocycles. The van der Waals surface area contributed by atoms with Gasteiger partial charge >= 0.3 is 0 Å². The molecule has 0 N–H and O–H groups in total. The van der Waals surface area contributed by atoms with Gasteiger partial charge in [0.15, 0.2) is 0 Å². The van der Waals surface area contributed by atoms with E-state index in [4.69, 9.17) is 0 Å². The maximum atomic E-state index is 4.43. The molecule has 0 atom stereocenters. The number of hydrogen-bond acceptors (Lipinski definition) is 1. The minimum absolute atomic E-state index is 0.514. The van der Waals surface area contributed by atoms with Crippen LogP contribution in [0.1, 0.15) is 59.8 Å². The molecule has 0 aliphatic rings. The van der Waals surface area contributed by atoms with Crippen LogP contribution in [0.3, 0.4) is 0 Å². The highest BCUT2D eigenvalue weighted by molar-refractivity contribution is 7.84. The largest absolute Gasteiger partial charge is 0.148 e. The molecule has 0 aliphatic heterocycles. The van der Waals surface area contributed by atoms with Gasteiger partial charge in [0.1, 0.15) is 0 Å². The molecule has 0 amide bonds. The second-order valence-electron chi connectivity index (χ2n) is 4.48. The summed E-state index contributed by atoms with van der Waals surface area (Å²) in [6.07, 6.45) is 8.33. The Kier molecular flexibility index (Phi) is 6.58. The lowest BCUT2D eigenvalue weighted by Gasteiger charge is -2.22. The minimum atomic E-state index is 0.514. The summed E-state index contributed by atoms with van der Waals surface area (Å²) in [4.78, 5) is 1.26. The van der Waals surface area contributed by atoms with E-state index in [0.29, 0.717) is 5.41 Å². The van der Waals surface area contributed by atoms with Crippen LogP contribution in [0, 0.1) is 5.41 Å². The molecule has 0 spiro atoms. The zero-order chi connectivity index (χ0) is 10.3. The molecule has 0 aliphatic carbocycles. The predicted octanol–water partition coefficient (Wildman–Crippen LogP) is 4.82. The van der Waals surface area contributed by atoms with E-state index in [1.165, 1.54) is 24.2 Å². The molecular weight excluding hydrogens is 176 g/mol. The first-order chi connectivity index (χ1) is 6.02. The molecule has 0 aromatic rings. The average Bonchev–Trinajstić information content (AvgIpc) is 2.05. The summed E-state index contributed by atoms with van der Waals surface area (Å²) in [6, 6.07) is 0. The lowest BCUT2D eigenvalue weighted by atomic mass is 9.85. The van der Waals surface area contributed by atoms with Crippen molar-refractivity contribution in [2.45, 2.75) is 59.8 Å². The van der Waals surface area contributed by atoms with E-state index in [1.54, 1.807) is 0 Å². The fourth-order valence-electron chi connectivity index (χ4n) is 1.26. The summed E-state index contributed by atoms with van der Waals surface area (Å²) in [6.45, 7) is 9.11. The molecule has 0 heterocycles. The highest BCUT2D eigenvalue weighted by atomic mass is 32.1. The van der Waals surface area contributed by atoms with Crippen molar-refractivity contribution in [1.29, 1.82) is 0 Å². The number of allylic oxidation sites excluding steroid dienone is 2. The van der Waals surface area contributed by atoms with Crippen molar-refractivity contribution < 1.29 is 0 Å². The first kappa shape index (κ1) is 13.1. The van der Waals surface area contributed by atoms with Crippen LogP contribution in [-0.4, -0.2) is 0 Å². The minimum Gasteiger partial charge on any atom is -0.148 e. The van der Waals surface area contributed by atoms with Crippen LogP contribution in [-0.2, 0) is 0 Å². The van der Waals surface area contributed by atoms with Gasteiger partial charge in [-0.15, -0.1) is 12.6 Å². The third-order valence-electron chi connectivity index (χ3n) is 2.68. The molecule has 0 radical (unpaired) electrons. The van der Waals surface area contributed by atoms with Crippen molar-refractivity contribution in [2.75, 3.05) is 0 Å². The van der Waals surface area contributed by atoms with Gasteiger partial charge in [0.25, 0.3) is 0 Å². The van der Waals surface area contributed by atoms with Crippen LogP contribution >= 0.6 is 12.6 Å². The normalized spacial score (nSPS) is 13.5. The van der Waals surface area contributed by atoms with Crippen LogP contribution in [0.4, 0.5) is 0 Å². The van der Waals surface area contributed by atoms with Crippen molar-refractivity contribution >= 4 is 12.6 Å². The van der Waals surface area contributed by atoms with Crippen LogP contribution in [0.25, 0.3) is 0 Å². The van der Waals surface area contributed by atoms with Gasteiger partial charge in [-0.25, -0.2) is 0 Å². The predicted molar refractivity (Wildman–Crippen MR) is 65.3 cm³/mol. The Morgan fingerprint density at radius 3 is 2.38 bits per heavy atom. The molecule has 0 aromatic heterocycles. The summed E-state index contributed by atoms with van der Waals surface area (Å²) >= 11 is 4.43. The Morgan fingerprint density at radius 2 is 1.92 bits per heavy atom. The molecule has 1 heteroatoms. The number of rotatable bonds is 6. The van der Waals surface area contributed by atoms with Gasteiger partial charge in [0, 0.05) is 0 Å². The highest BCUT2D eigenvalue weighted by Gasteiger charge is 2.13. The topological polar surface area (TPSA) is 0 Å². The molecular formula is C12H24S. The van der Waals surface area contributed by atoms with E-state index in [2.05, 4.69) is 46.4 Å². The summed E-state index contributed by atoms with van der Waals surface area (Å²) < 4.78 is 0. The van der Waals surface area contributed by atoms with E-state index >= 15 is 0 Å². The first-order valence-electron chi connectivity index (χ1n) is 5.40. The Labute approximate surface area is 89.2 Å². The van der Waals surface area contributed by atoms with Gasteiger partial charge in [0.05, 0.1) is 0 Å². The lowest BCUT2D eigenvalue weighted by molar-refractivity contribution is 0.314. The molecule has 0 bridgehead atoms. The van der Waals surface area contributed by atoms with Crippen molar-refractivity contribution in [2.24, 2.45) is 5.41 Å². The maximum absolute atomic E-state index is 4.43. The first-order valence-corrected chi connectivity index (χ1v) is 5.84. The summed E-state index contributed by atoms with van der Waals surface area (Å²) in [7, 11) is 0.